The van der Waals surface area contributed by atoms with Crippen LogP contribution in [0.3, 0.4) is 0 Å². The van der Waals surface area contributed by atoms with Crippen LogP contribution in [0.15, 0.2) is 83.8 Å². The summed E-state index contributed by atoms with van der Waals surface area (Å²) < 4.78 is 0. The molecule has 0 fully saturated rings. The smallest absolute Gasteiger partial charge is 0.0465 e. The average Bonchev–Trinajstić information content (AvgIpc) is 3.16. The van der Waals surface area contributed by atoms with E-state index in [4.69, 9.17) is 0 Å². The van der Waals surface area contributed by atoms with Crippen molar-refractivity contribution in [2.24, 2.45) is 0 Å². The molecule has 1 aliphatic rings. The van der Waals surface area contributed by atoms with Gasteiger partial charge in [0, 0.05) is 40.5 Å². The fourth-order valence-electron chi connectivity index (χ4n) is 4.40. The number of aromatic amines is 1. The number of fused-ring (bicyclic) bond motifs is 3. The SMILES string of the molecule is c1ccc(SCCCC2Cc3[nH]c4cccc(-c5ccccc5)c4c3CN2)cc1. The molecule has 1 aromatic heterocycles. The van der Waals surface area contributed by atoms with Crippen molar-refractivity contribution in [1.29, 1.82) is 0 Å². The van der Waals surface area contributed by atoms with Crippen LogP contribution < -0.4 is 5.32 Å². The number of thioether (sulfide) groups is 1. The molecule has 0 bridgehead atoms. The van der Waals surface area contributed by atoms with E-state index in [0.29, 0.717) is 6.04 Å². The number of aromatic nitrogens is 1. The summed E-state index contributed by atoms with van der Waals surface area (Å²) in [6.45, 7) is 0.954. The van der Waals surface area contributed by atoms with Gasteiger partial charge in [0.25, 0.3) is 0 Å². The van der Waals surface area contributed by atoms with E-state index in [0.717, 1.165) is 13.0 Å². The van der Waals surface area contributed by atoms with Gasteiger partial charge < -0.3 is 10.3 Å². The zero-order chi connectivity index (χ0) is 19.5. The van der Waals surface area contributed by atoms with Crippen molar-refractivity contribution in [2.75, 3.05) is 5.75 Å². The highest BCUT2D eigenvalue weighted by Gasteiger charge is 2.23. The van der Waals surface area contributed by atoms with E-state index in [1.54, 1.807) is 0 Å². The first-order chi connectivity index (χ1) is 14.4. The minimum atomic E-state index is 0.562. The summed E-state index contributed by atoms with van der Waals surface area (Å²) in [4.78, 5) is 5.10. The van der Waals surface area contributed by atoms with Crippen LogP contribution >= 0.6 is 11.8 Å². The Morgan fingerprint density at radius 1 is 0.862 bits per heavy atom. The van der Waals surface area contributed by atoms with E-state index in [2.05, 4.69) is 89.2 Å². The molecule has 2 heterocycles. The second kappa shape index (κ2) is 8.48. The average molecular weight is 399 g/mol. The number of hydrogen-bond acceptors (Lipinski definition) is 2. The van der Waals surface area contributed by atoms with Crippen molar-refractivity contribution >= 4 is 22.7 Å². The number of H-pyrrole nitrogens is 1. The predicted octanol–water partition coefficient (Wildman–Crippen LogP) is 6.42. The topological polar surface area (TPSA) is 27.8 Å². The minimum Gasteiger partial charge on any atom is -0.358 e. The van der Waals surface area contributed by atoms with Crippen LogP contribution in [0.4, 0.5) is 0 Å². The maximum Gasteiger partial charge on any atom is 0.0465 e. The molecular formula is C26H26N2S. The molecule has 2 N–H and O–H groups in total. The van der Waals surface area contributed by atoms with Gasteiger partial charge in [0.05, 0.1) is 0 Å². The molecule has 3 heteroatoms. The van der Waals surface area contributed by atoms with Gasteiger partial charge >= 0.3 is 0 Å². The zero-order valence-electron chi connectivity index (χ0n) is 16.5. The van der Waals surface area contributed by atoms with Gasteiger partial charge in [-0.15, -0.1) is 11.8 Å². The monoisotopic (exact) mass is 398 g/mol. The molecule has 29 heavy (non-hydrogen) atoms. The Hall–Kier alpha value is -2.49. The molecule has 2 nitrogen and oxygen atoms in total. The summed E-state index contributed by atoms with van der Waals surface area (Å²) in [7, 11) is 0. The molecule has 0 saturated heterocycles. The fraction of sp³-hybridized carbons (Fsp3) is 0.231. The summed E-state index contributed by atoms with van der Waals surface area (Å²) in [5.41, 5.74) is 6.76. The van der Waals surface area contributed by atoms with Gasteiger partial charge in [-0.05, 0) is 53.5 Å². The van der Waals surface area contributed by atoms with Gasteiger partial charge in [-0.25, -0.2) is 0 Å². The van der Waals surface area contributed by atoms with Gasteiger partial charge in [-0.2, -0.15) is 0 Å². The van der Waals surface area contributed by atoms with E-state index in [1.807, 2.05) is 11.8 Å². The molecule has 3 aromatic carbocycles. The first kappa shape index (κ1) is 18.5. The highest BCUT2D eigenvalue weighted by atomic mass is 32.2. The summed E-state index contributed by atoms with van der Waals surface area (Å²) in [5.74, 6) is 1.18. The van der Waals surface area contributed by atoms with Crippen LogP contribution in [0.2, 0.25) is 0 Å². The third kappa shape index (κ3) is 3.98. The first-order valence-electron chi connectivity index (χ1n) is 10.5. The highest BCUT2D eigenvalue weighted by Crippen LogP contribution is 2.35. The minimum absolute atomic E-state index is 0.562. The molecule has 146 valence electrons. The lowest BCUT2D eigenvalue weighted by Gasteiger charge is -2.24. The maximum atomic E-state index is 3.80. The number of benzene rings is 3. The van der Waals surface area contributed by atoms with E-state index in [1.165, 1.54) is 56.8 Å². The Morgan fingerprint density at radius 2 is 1.66 bits per heavy atom. The largest absolute Gasteiger partial charge is 0.358 e. The molecule has 0 amide bonds. The number of hydrogen-bond donors (Lipinski definition) is 2. The normalized spacial score (nSPS) is 16.1. The van der Waals surface area contributed by atoms with Gasteiger partial charge in [-0.3, -0.25) is 0 Å². The van der Waals surface area contributed by atoms with Crippen LogP contribution in [0.5, 0.6) is 0 Å². The lowest BCUT2D eigenvalue weighted by molar-refractivity contribution is 0.447. The molecule has 0 radical (unpaired) electrons. The third-order valence-corrected chi connectivity index (χ3v) is 6.93. The Labute approximate surface area is 176 Å². The number of rotatable bonds is 6. The van der Waals surface area contributed by atoms with Gasteiger partial charge in [0.2, 0.25) is 0 Å². The van der Waals surface area contributed by atoms with E-state index >= 15 is 0 Å². The first-order valence-corrected chi connectivity index (χ1v) is 11.5. The standard InChI is InChI=1S/C26H26N2S/c1-3-9-19(10-4-1)22-14-7-15-24-26(22)23-18-27-20(17-25(23)28-24)11-8-16-29-21-12-5-2-6-13-21/h1-7,9-10,12-15,20,27-28H,8,11,16-18H2. The summed E-state index contributed by atoms with van der Waals surface area (Å²) in [6.07, 6.45) is 3.55. The molecule has 1 atom stereocenters. The Balaban J connectivity index is 1.29. The maximum absolute atomic E-state index is 3.80. The third-order valence-electron chi connectivity index (χ3n) is 5.83. The summed E-state index contributed by atoms with van der Waals surface area (Å²) >= 11 is 1.96. The van der Waals surface area contributed by atoms with E-state index in [-0.39, 0.29) is 0 Å². The van der Waals surface area contributed by atoms with Crippen molar-refractivity contribution in [3.8, 4) is 11.1 Å². The van der Waals surface area contributed by atoms with Crippen molar-refractivity contribution < 1.29 is 0 Å². The van der Waals surface area contributed by atoms with Crippen molar-refractivity contribution in [3.63, 3.8) is 0 Å². The quantitative estimate of drug-likeness (QED) is 0.290. The van der Waals surface area contributed by atoms with Crippen LogP contribution in [0.1, 0.15) is 24.1 Å². The molecule has 1 unspecified atom stereocenters. The van der Waals surface area contributed by atoms with E-state index in [9.17, 15) is 0 Å². The predicted molar refractivity (Wildman–Crippen MR) is 124 cm³/mol. The van der Waals surface area contributed by atoms with Crippen LogP contribution in [0, 0.1) is 0 Å². The molecule has 4 aromatic rings. The van der Waals surface area contributed by atoms with Gasteiger partial charge in [-0.1, -0.05) is 60.7 Å². The molecule has 1 aliphatic heterocycles. The van der Waals surface area contributed by atoms with Gasteiger partial charge in [0.1, 0.15) is 0 Å². The number of nitrogens with one attached hydrogen (secondary N) is 2. The summed E-state index contributed by atoms with van der Waals surface area (Å²) in [5, 5.41) is 5.19. The molecule has 5 rings (SSSR count). The Kier molecular flexibility index (Phi) is 5.42. The Bertz CT molecular complexity index is 1090. The lowest BCUT2D eigenvalue weighted by Crippen LogP contribution is -2.35. The lowest BCUT2D eigenvalue weighted by atomic mass is 9.94. The Morgan fingerprint density at radius 3 is 2.48 bits per heavy atom. The van der Waals surface area contributed by atoms with Crippen LogP contribution in [0.25, 0.3) is 22.0 Å². The van der Waals surface area contributed by atoms with Crippen molar-refractivity contribution in [2.45, 2.75) is 36.7 Å². The summed E-state index contributed by atoms with van der Waals surface area (Å²) in [6, 6.07) is 28.6. The second-order valence-electron chi connectivity index (χ2n) is 7.76. The zero-order valence-corrected chi connectivity index (χ0v) is 17.3. The second-order valence-corrected chi connectivity index (χ2v) is 8.93. The van der Waals surface area contributed by atoms with E-state index < -0.39 is 0 Å². The van der Waals surface area contributed by atoms with Crippen LogP contribution in [-0.4, -0.2) is 16.8 Å². The van der Waals surface area contributed by atoms with Crippen molar-refractivity contribution in [3.05, 3.63) is 90.1 Å². The fourth-order valence-corrected chi connectivity index (χ4v) is 5.30. The molecule has 0 aliphatic carbocycles. The van der Waals surface area contributed by atoms with Crippen molar-refractivity contribution in [1.82, 2.24) is 10.3 Å². The molecular weight excluding hydrogens is 372 g/mol. The molecule has 0 saturated carbocycles. The molecule has 0 spiro atoms. The van der Waals surface area contributed by atoms with Gasteiger partial charge in [0.15, 0.2) is 0 Å². The van der Waals surface area contributed by atoms with Crippen LogP contribution in [-0.2, 0) is 13.0 Å². The highest BCUT2D eigenvalue weighted by molar-refractivity contribution is 7.99.